The van der Waals surface area contributed by atoms with Crippen LogP contribution in [0.3, 0.4) is 0 Å². The Hall–Kier alpha value is -4.00. The van der Waals surface area contributed by atoms with Gasteiger partial charge in [-0.2, -0.15) is 4.98 Å². The van der Waals surface area contributed by atoms with E-state index >= 15 is 0 Å². The third-order valence-corrected chi connectivity index (χ3v) is 4.53. The molecule has 0 atom stereocenters. The lowest BCUT2D eigenvalue weighted by atomic mass is 10.1. The number of carbonyl (C=O) groups is 1. The lowest BCUT2D eigenvalue weighted by Crippen LogP contribution is -2.11. The Morgan fingerprint density at radius 1 is 1.07 bits per heavy atom. The number of amides is 1. The average molecular weight is 399 g/mol. The molecule has 2 aromatic heterocycles. The molecule has 1 N–H and O–H groups in total. The van der Waals surface area contributed by atoms with Crippen LogP contribution in [-0.4, -0.2) is 25.4 Å². The summed E-state index contributed by atoms with van der Waals surface area (Å²) >= 11 is 0. The molecule has 0 aliphatic rings. The number of benzene rings is 2. The molecule has 30 heavy (non-hydrogen) atoms. The van der Waals surface area contributed by atoms with Crippen LogP contribution in [0.5, 0.6) is 11.6 Å². The van der Waals surface area contributed by atoms with E-state index in [0.29, 0.717) is 34.5 Å². The molecule has 0 radical (unpaired) electrons. The Morgan fingerprint density at radius 2 is 1.83 bits per heavy atom. The van der Waals surface area contributed by atoms with Crippen molar-refractivity contribution in [2.75, 3.05) is 5.32 Å². The van der Waals surface area contributed by atoms with Crippen LogP contribution in [-0.2, 0) is 6.42 Å². The second-order valence-corrected chi connectivity index (χ2v) is 6.71. The summed E-state index contributed by atoms with van der Waals surface area (Å²) in [6, 6.07) is 16.5. The van der Waals surface area contributed by atoms with Crippen LogP contribution in [0, 0.1) is 6.92 Å². The maximum atomic E-state index is 12.4. The van der Waals surface area contributed by atoms with Gasteiger partial charge < -0.3 is 10.1 Å². The van der Waals surface area contributed by atoms with Crippen molar-refractivity contribution in [3.05, 3.63) is 90.3 Å². The number of aromatic nitrogens is 4. The van der Waals surface area contributed by atoms with Crippen molar-refractivity contribution >= 4 is 11.6 Å². The monoisotopic (exact) mass is 399 g/mol. The fourth-order valence-corrected chi connectivity index (χ4v) is 2.93. The highest BCUT2D eigenvalue weighted by atomic mass is 16.5. The zero-order valence-corrected chi connectivity index (χ0v) is 16.7. The van der Waals surface area contributed by atoms with Crippen LogP contribution >= 0.6 is 0 Å². The molecular formula is C23H21N5O2. The second-order valence-electron chi connectivity index (χ2n) is 6.71. The number of hydrogen-bond donors (Lipinski definition) is 1. The first-order valence-corrected chi connectivity index (χ1v) is 9.63. The molecule has 0 saturated carbocycles. The summed E-state index contributed by atoms with van der Waals surface area (Å²) in [5, 5.41) is 2.89. The maximum Gasteiger partial charge on any atom is 0.255 e. The molecule has 1 amide bonds. The molecule has 4 aromatic rings. The molecule has 0 spiro atoms. The summed E-state index contributed by atoms with van der Waals surface area (Å²) in [7, 11) is 0. The first-order valence-electron chi connectivity index (χ1n) is 9.63. The van der Waals surface area contributed by atoms with Gasteiger partial charge in [0.05, 0.1) is 0 Å². The highest BCUT2D eigenvalue weighted by molar-refractivity contribution is 6.04. The summed E-state index contributed by atoms with van der Waals surface area (Å²) in [5.74, 6) is 2.15. The SMILES string of the molecule is CCc1ccc(C(=O)Nc2ccc(Oc3cc(-n4ccnc4)nc(C)n3)cc2)cc1. The van der Waals surface area contributed by atoms with Crippen molar-refractivity contribution < 1.29 is 9.53 Å². The van der Waals surface area contributed by atoms with Crippen LogP contribution in [0.1, 0.15) is 28.7 Å². The van der Waals surface area contributed by atoms with Crippen molar-refractivity contribution in [1.82, 2.24) is 19.5 Å². The van der Waals surface area contributed by atoms with Gasteiger partial charge in [0, 0.05) is 29.7 Å². The number of hydrogen-bond acceptors (Lipinski definition) is 5. The highest BCUT2D eigenvalue weighted by Crippen LogP contribution is 2.23. The molecule has 0 fully saturated rings. The van der Waals surface area contributed by atoms with Gasteiger partial charge in [0.15, 0.2) is 0 Å². The summed E-state index contributed by atoms with van der Waals surface area (Å²) in [6.07, 6.45) is 6.10. The first kappa shape index (κ1) is 19.3. The molecule has 0 aliphatic heterocycles. The zero-order valence-electron chi connectivity index (χ0n) is 16.7. The van der Waals surface area contributed by atoms with Crippen LogP contribution in [0.25, 0.3) is 5.82 Å². The van der Waals surface area contributed by atoms with Gasteiger partial charge in [-0.15, -0.1) is 0 Å². The van der Waals surface area contributed by atoms with E-state index in [1.807, 2.05) is 24.3 Å². The van der Waals surface area contributed by atoms with E-state index in [1.54, 1.807) is 60.5 Å². The Bertz CT molecular complexity index is 1140. The van der Waals surface area contributed by atoms with Gasteiger partial charge in [-0.3, -0.25) is 9.36 Å². The van der Waals surface area contributed by atoms with Crippen molar-refractivity contribution in [1.29, 1.82) is 0 Å². The molecule has 7 heteroatoms. The molecule has 150 valence electrons. The predicted molar refractivity (Wildman–Crippen MR) is 114 cm³/mol. The number of carbonyl (C=O) groups excluding carboxylic acids is 1. The minimum absolute atomic E-state index is 0.150. The average Bonchev–Trinajstić information content (AvgIpc) is 3.30. The van der Waals surface area contributed by atoms with Crippen LogP contribution in [0.4, 0.5) is 5.69 Å². The van der Waals surface area contributed by atoms with Gasteiger partial charge in [0.25, 0.3) is 5.91 Å². The van der Waals surface area contributed by atoms with Crippen molar-refractivity contribution in [2.24, 2.45) is 0 Å². The largest absolute Gasteiger partial charge is 0.439 e. The van der Waals surface area contributed by atoms with Gasteiger partial charge in [-0.1, -0.05) is 19.1 Å². The van der Waals surface area contributed by atoms with Crippen molar-refractivity contribution in [3.63, 3.8) is 0 Å². The first-order chi connectivity index (χ1) is 14.6. The number of anilines is 1. The zero-order chi connectivity index (χ0) is 20.9. The number of imidazole rings is 1. The quantitative estimate of drug-likeness (QED) is 0.513. The number of nitrogens with zero attached hydrogens (tertiary/aromatic N) is 4. The summed E-state index contributed by atoms with van der Waals surface area (Å²) < 4.78 is 7.66. The summed E-state index contributed by atoms with van der Waals surface area (Å²) in [4.78, 5) is 25.2. The fourth-order valence-electron chi connectivity index (χ4n) is 2.93. The maximum absolute atomic E-state index is 12.4. The van der Waals surface area contributed by atoms with Crippen LogP contribution in [0.15, 0.2) is 73.3 Å². The van der Waals surface area contributed by atoms with Gasteiger partial charge in [0.2, 0.25) is 5.88 Å². The lowest BCUT2D eigenvalue weighted by molar-refractivity contribution is 0.102. The third kappa shape index (κ3) is 4.52. The minimum Gasteiger partial charge on any atom is -0.439 e. The fraction of sp³-hybridized carbons (Fsp3) is 0.130. The van der Waals surface area contributed by atoms with Gasteiger partial charge in [0.1, 0.15) is 23.7 Å². The molecular weight excluding hydrogens is 378 g/mol. The Kier molecular flexibility index (Phi) is 5.52. The number of nitrogens with one attached hydrogen (secondary N) is 1. The summed E-state index contributed by atoms with van der Waals surface area (Å²) in [5.41, 5.74) is 2.50. The van der Waals surface area contributed by atoms with E-state index < -0.39 is 0 Å². The number of ether oxygens (including phenoxy) is 1. The van der Waals surface area contributed by atoms with Crippen LogP contribution in [0.2, 0.25) is 0 Å². The van der Waals surface area contributed by atoms with Gasteiger partial charge in [-0.05, 0) is 55.3 Å². The molecule has 7 nitrogen and oxygen atoms in total. The predicted octanol–water partition coefficient (Wildman–Crippen LogP) is 4.58. The smallest absolute Gasteiger partial charge is 0.255 e. The number of rotatable bonds is 6. The van der Waals surface area contributed by atoms with Gasteiger partial charge >= 0.3 is 0 Å². The van der Waals surface area contributed by atoms with Gasteiger partial charge in [-0.25, -0.2) is 9.97 Å². The van der Waals surface area contributed by atoms with Crippen LogP contribution < -0.4 is 10.1 Å². The standard InChI is InChI=1S/C23H21N5O2/c1-3-17-4-6-18(7-5-17)23(29)27-19-8-10-20(11-9-19)30-22-14-21(25-16(2)26-22)28-13-12-24-15-28/h4-15H,3H2,1-2H3,(H,27,29). The van der Waals surface area contributed by atoms with Crippen molar-refractivity contribution in [2.45, 2.75) is 20.3 Å². The minimum atomic E-state index is -0.150. The van der Waals surface area contributed by atoms with E-state index in [9.17, 15) is 4.79 Å². The molecule has 2 aromatic carbocycles. The topological polar surface area (TPSA) is 81.9 Å². The molecule has 2 heterocycles. The van der Waals surface area contributed by atoms with E-state index in [-0.39, 0.29) is 5.91 Å². The molecule has 4 rings (SSSR count). The molecule has 0 aliphatic carbocycles. The van der Waals surface area contributed by atoms with E-state index in [0.717, 1.165) is 6.42 Å². The normalized spacial score (nSPS) is 10.6. The Morgan fingerprint density at radius 3 is 2.50 bits per heavy atom. The lowest BCUT2D eigenvalue weighted by Gasteiger charge is -2.10. The van der Waals surface area contributed by atoms with Crippen molar-refractivity contribution in [3.8, 4) is 17.4 Å². The number of aryl methyl sites for hydroxylation is 2. The Balaban J connectivity index is 1.44. The summed E-state index contributed by atoms with van der Waals surface area (Å²) in [6.45, 7) is 3.89. The van der Waals surface area contributed by atoms with E-state index in [1.165, 1.54) is 5.56 Å². The van der Waals surface area contributed by atoms with E-state index in [2.05, 4.69) is 27.2 Å². The molecule has 0 unspecified atom stereocenters. The molecule has 0 bridgehead atoms. The van der Waals surface area contributed by atoms with E-state index in [4.69, 9.17) is 4.74 Å². The second kappa shape index (κ2) is 8.57. The molecule has 0 saturated heterocycles. The highest BCUT2D eigenvalue weighted by Gasteiger charge is 2.08. The third-order valence-electron chi connectivity index (χ3n) is 4.53. The Labute approximate surface area is 174 Å².